The van der Waals surface area contributed by atoms with Crippen LogP contribution in [0, 0.1) is 5.82 Å². The summed E-state index contributed by atoms with van der Waals surface area (Å²) in [5.41, 5.74) is 2.63. The summed E-state index contributed by atoms with van der Waals surface area (Å²) < 4.78 is 18.7. The minimum absolute atomic E-state index is 0.0557. The van der Waals surface area contributed by atoms with E-state index in [1.165, 1.54) is 12.1 Å². The van der Waals surface area contributed by atoms with Gasteiger partial charge in [0.05, 0.1) is 0 Å². The Labute approximate surface area is 140 Å². The van der Waals surface area contributed by atoms with Crippen molar-refractivity contribution in [3.63, 3.8) is 0 Å². The molecule has 2 aromatic rings. The molecule has 122 valence electrons. The van der Waals surface area contributed by atoms with Crippen molar-refractivity contribution in [3.8, 4) is 5.75 Å². The van der Waals surface area contributed by atoms with E-state index in [0.29, 0.717) is 11.4 Å². The number of hydrogen-bond acceptors (Lipinski definition) is 2. The van der Waals surface area contributed by atoms with E-state index in [4.69, 9.17) is 16.3 Å². The van der Waals surface area contributed by atoms with E-state index >= 15 is 0 Å². The minimum Gasteiger partial charge on any atom is -0.481 e. The van der Waals surface area contributed by atoms with Crippen LogP contribution < -0.4 is 10.1 Å². The quantitative estimate of drug-likeness (QED) is 0.836. The van der Waals surface area contributed by atoms with E-state index in [1.807, 2.05) is 26.0 Å². The molecular weight excluding hydrogens is 317 g/mol. The Morgan fingerprint density at radius 1 is 1.17 bits per heavy atom. The van der Waals surface area contributed by atoms with Gasteiger partial charge in [-0.05, 0) is 42.2 Å². The predicted octanol–water partition coefficient (Wildman–Crippen LogP) is 4.62. The van der Waals surface area contributed by atoms with Gasteiger partial charge in [-0.1, -0.05) is 43.6 Å². The van der Waals surface area contributed by atoms with E-state index in [0.717, 1.165) is 23.2 Å². The van der Waals surface area contributed by atoms with Crippen molar-refractivity contribution in [3.05, 3.63) is 58.4 Å². The third-order valence-corrected chi connectivity index (χ3v) is 3.89. The summed E-state index contributed by atoms with van der Waals surface area (Å²) in [5.74, 6) is -0.786. The van der Waals surface area contributed by atoms with Crippen molar-refractivity contribution in [1.82, 2.24) is 0 Å². The summed E-state index contributed by atoms with van der Waals surface area (Å²) in [6, 6.07) is 9.72. The van der Waals surface area contributed by atoms with Crippen molar-refractivity contribution in [2.75, 3.05) is 11.9 Å². The van der Waals surface area contributed by atoms with Gasteiger partial charge in [-0.3, -0.25) is 4.79 Å². The van der Waals surface area contributed by atoms with Gasteiger partial charge >= 0.3 is 0 Å². The van der Waals surface area contributed by atoms with Crippen molar-refractivity contribution in [2.45, 2.75) is 26.7 Å². The summed E-state index contributed by atoms with van der Waals surface area (Å²) in [6.07, 6.45) is 1.48. The van der Waals surface area contributed by atoms with Crippen LogP contribution in [0.25, 0.3) is 0 Å². The Morgan fingerprint density at radius 2 is 1.91 bits per heavy atom. The molecule has 5 heteroatoms. The maximum absolute atomic E-state index is 13.5. The Bertz CT molecular complexity index is 703. The van der Waals surface area contributed by atoms with Gasteiger partial charge in [0.15, 0.2) is 18.2 Å². The number of ether oxygens (including phenoxy) is 1. The molecule has 0 unspecified atom stereocenters. The van der Waals surface area contributed by atoms with Crippen LogP contribution in [0.2, 0.25) is 5.02 Å². The van der Waals surface area contributed by atoms with Gasteiger partial charge in [-0.15, -0.1) is 0 Å². The second-order valence-corrected chi connectivity index (χ2v) is 5.44. The molecule has 2 aromatic carbocycles. The molecule has 23 heavy (non-hydrogen) atoms. The summed E-state index contributed by atoms with van der Waals surface area (Å²) >= 11 is 6.20. The first-order chi connectivity index (χ1) is 11.1. The average molecular weight is 336 g/mol. The van der Waals surface area contributed by atoms with Gasteiger partial charge in [0, 0.05) is 10.7 Å². The highest BCUT2D eigenvalue weighted by Gasteiger charge is 2.14. The maximum Gasteiger partial charge on any atom is 0.262 e. The number of halogens is 2. The van der Waals surface area contributed by atoms with Crippen LogP contribution in [-0.2, 0) is 17.6 Å². The summed E-state index contributed by atoms with van der Waals surface area (Å²) in [4.78, 5) is 12.1. The Morgan fingerprint density at radius 3 is 2.57 bits per heavy atom. The zero-order valence-electron chi connectivity index (χ0n) is 13.2. The fraction of sp³-hybridized carbons (Fsp3) is 0.278. The Balaban J connectivity index is 2.11. The first-order valence-corrected chi connectivity index (χ1v) is 7.92. The lowest BCUT2D eigenvalue weighted by Crippen LogP contribution is -2.22. The Kier molecular flexibility index (Phi) is 5.99. The Hall–Kier alpha value is -2.07. The zero-order valence-corrected chi connectivity index (χ0v) is 13.9. The number of carbonyl (C=O) groups is 1. The van der Waals surface area contributed by atoms with Gasteiger partial charge in [0.1, 0.15) is 0 Å². The molecule has 0 aliphatic heterocycles. The van der Waals surface area contributed by atoms with Gasteiger partial charge in [-0.25, -0.2) is 4.39 Å². The molecule has 1 N–H and O–H groups in total. The van der Waals surface area contributed by atoms with Crippen molar-refractivity contribution in [2.24, 2.45) is 0 Å². The minimum atomic E-state index is -0.494. The van der Waals surface area contributed by atoms with Crippen LogP contribution in [0.3, 0.4) is 0 Å². The topological polar surface area (TPSA) is 38.3 Å². The zero-order chi connectivity index (χ0) is 16.8. The second kappa shape index (κ2) is 7.97. The molecule has 2 rings (SSSR count). The van der Waals surface area contributed by atoms with Crippen LogP contribution in [-0.4, -0.2) is 12.5 Å². The normalized spacial score (nSPS) is 10.4. The molecule has 0 saturated carbocycles. The smallest absolute Gasteiger partial charge is 0.262 e. The van der Waals surface area contributed by atoms with Gasteiger partial charge in [0.2, 0.25) is 0 Å². The summed E-state index contributed by atoms with van der Waals surface area (Å²) in [5, 5.41) is 3.46. The molecule has 1 amide bonds. The standard InChI is InChI=1S/C18H19ClFNO2/c1-3-12-9-10-14(19)13(4-2)18(12)21-17(22)11-23-16-8-6-5-7-15(16)20/h5-10H,3-4,11H2,1-2H3,(H,21,22). The highest BCUT2D eigenvalue weighted by Crippen LogP contribution is 2.29. The number of para-hydroxylation sites is 1. The first-order valence-electron chi connectivity index (χ1n) is 7.54. The molecule has 0 aromatic heterocycles. The highest BCUT2D eigenvalue weighted by molar-refractivity contribution is 6.32. The van der Waals surface area contributed by atoms with Crippen LogP contribution in [0.15, 0.2) is 36.4 Å². The number of anilines is 1. The van der Waals surface area contributed by atoms with Crippen LogP contribution in [0.1, 0.15) is 25.0 Å². The molecule has 0 atom stereocenters. The van der Waals surface area contributed by atoms with Crippen LogP contribution in [0.4, 0.5) is 10.1 Å². The molecule has 0 heterocycles. The molecule has 0 saturated heterocycles. The maximum atomic E-state index is 13.5. The van der Waals surface area contributed by atoms with E-state index in [1.54, 1.807) is 12.1 Å². The molecule has 3 nitrogen and oxygen atoms in total. The predicted molar refractivity (Wildman–Crippen MR) is 90.7 cm³/mol. The number of aryl methyl sites for hydroxylation is 1. The molecule has 0 radical (unpaired) electrons. The van der Waals surface area contributed by atoms with E-state index in [-0.39, 0.29) is 18.3 Å². The molecule has 0 aliphatic rings. The SMILES string of the molecule is CCc1ccc(Cl)c(CC)c1NC(=O)COc1ccccc1F. The fourth-order valence-corrected chi connectivity index (χ4v) is 2.64. The molecule has 0 bridgehead atoms. The number of amides is 1. The van der Waals surface area contributed by atoms with Crippen LogP contribution in [0.5, 0.6) is 5.75 Å². The lowest BCUT2D eigenvalue weighted by atomic mass is 10.0. The summed E-state index contributed by atoms with van der Waals surface area (Å²) in [6.45, 7) is 3.72. The van der Waals surface area contributed by atoms with Crippen molar-refractivity contribution < 1.29 is 13.9 Å². The lowest BCUT2D eigenvalue weighted by molar-refractivity contribution is -0.118. The van der Waals surface area contributed by atoms with Crippen molar-refractivity contribution >= 4 is 23.2 Å². The largest absolute Gasteiger partial charge is 0.481 e. The third-order valence-electron chi connectivity index (χ3n) is 3.54. The number of benzene rings is 2. The number of nitrogens with one attached hydrogen (secondary N) is 1. The number of carbonyl (C=O) groups excluding carboxylic acids is 1. The van der Waals surface area contributed by atoms with Crippen molar-refractivity contribution in [1.29, 1.82) is 0 Å². The van der Waals surface area contributed by atoms with Crippen LogP contribution >= 0.6 is 11.6 Å². The fourth-order valence-electron chi connectivity index (χ4n) is 2.35. The van der Waals surface area contributed by atoms with E-state index in [9.17, 15) is 9.18 Å². The monoisotopic (exact) mass is 335 g/mol. The average Bonchev–Trinajstić information content (AvgIpc) is 2.54. The van der Waals surface area contributed by atoms with Gasteiger partial charge < -0.3 is 10.1 Å². The van der Waals surface area contributed by atoms with E-state index in [2.05, 4.69) is 5.32 Å². The third kappa shape index (κ3) is 4.23. The van der Waals surface area contributed by atoms with Gasteiger partial charge in [0.25, 0.3) is 5.91 Å². The van der Waals surface area contributed by atoms with Gasteiger partial charge in [-0.2, -0.15) is 0 Å². The first kappa shape index (κ1) is 17.3. The molecule has 0 fully saturated rings. The number of rotatable bonds is 6. The molecule has 0 aliphatic carbocycles. The summed E-state index contributed by atoms with van der Waals surface area (Å²) in [7, 11) is 0. The molecular formula is C18H19ClFNO2. The van der Waals surface area contributed by atoms with E-state index < -0.39 is 5.82 Å². The number of hydrogen-bond donors (Lipinski definition) is 1. The lowest BCUT2D eigenvalue weighted by Gasteiger charge is -2.16. The highest BCUT2D eigenvalue weighted by atomic mass is 35.5. The molecule has 0 spiro atoms. The second-order valence-electron chi connectivity index (χ2n) is 5.03.